The highest BCUT2D eigenvalue weighted by atomic mass is 16.5. The lowest BCUT2D eigenvalue weighted by molar-refractivity contribution is -0.151. The van der Waals surface area contributed by atoms with Gasteiger partial charge in [0.15, 0.2) is 0 Å². The molecule has 3 nitrogen and oxygen atoms in total. The second kappa shape index (κ2) is 5.13. The summed E-state index contributed by atoms with van der Waals surface area (Å²) in [6.45, 7) is 2.07. The highest BCUT2D eigenvalue weighted by Crippen LogP contribution is 2.36. The first kappa shape index (κ1) is 11.2. The zero-order valence-electron chi connectivity index (χ0n) is 8.91. The van der Waals surface area contributed by atoms with Crippen LogP contribution in [0.25, 0.3) is 0 Å². The van der Waals surface area contributed by atoms with E-state index in [0.717, 1.165) is 12.8 Å². The zero-order chi connectivity index (χ0) is 10.6. The van der Waals surface area contributed by atoms with Gasteiger partial charge in [-0.25, -0.2) is 0 Å². The molecule has 0 aliphatic heterocycles. The van der Waals surface area contributed by atoms with Crippen LogP contribution in [0.4, 0.5) is 0 Å². The Hall–Kier alpha value is -0.860. The third kappa shape index (κ3) is 2.56. The molecular formula is C11H18O3. The van der Waals surface area contributed by atoms with E-state index in [-0.39, 0.29) is 17.8 Å². The Bertz CT molecular complexity index is 217. The second-order valence-electron chi connectivity index (χ2n) is 3.96. The van der Waals surface area contributed by atoms with Gasteiger partial charge in [-0.05, 0) is 19.3 Å². The molecule has 1 aliphatic carbocycles. The summed E-state index contributed by atoms with van der Waals surface area (Å²) in [5.41, 5.74) is 0. The van der Waals surface area contributed by atoms with Gasteiger partial charge in [-0.1, -0.05) is 13.3 Å². The van der Waals surface area contributed by atoms with Crippen molar-refractivity contribution in [1.29, 1.82) is 0 Å². The molecule has 0 radical (unpaired) electrons. The third-order valence-corrected chi connectivity index (χ3v) is 2.90. The van der Waals surface area contributed by atoms with Gasteiger partial charge in [0, 0.05) is 12.3 Å². The summed E-state index contributed by atoms with van der Waals surface area (Å²) < 4.78 is 4.61. The highest BCUT2D eigenvalue weighted by Gasteiger charge is 2.38. The van der Waals surface area contributed by atoms with Crippen LogP contribution in [0.3, 0.4) is 0 Å². The fourth-order valence-corrected chi connectivity index (χ4v) is 1.79. The summed E-state index contributed by atoms with van der Waals surface area (Å²) in [5, 5.41) is 0. The van der Waals surface area contributed by atoms with Crippen LogP contribution >= 0.6 is 0 Å². The molecule has 1 fully saturated rings. The maximum Gasteiger partial charge on any atom is 0.308 e. The average Bonchev–Trinajstić information content (AvgIpc) is 2.11. The molecular weight excluding hydrogens is 180 g/mol. The van der Waals surface area contributed by atoms with Gasteiger partial charge in [0.05, 0.1) is 13.0 Å². The maximum absolute atomic E-state index is 11.5. The lowest BCUT2D eigenvalue weighted by atomic mass is 9.72. The van der Waals surface area contributed by atoms with E-state index in [9.17, 15) is 9.59 Å². The van der Waals surface area contributed by atoms with E-state index in [1.807, 2.05) is 0 Å². The molecule has 1 saturated carbocycles. The van der Waals surface area contributed by atoms with E-state index in [4.69, 9.17) is 0 Å². The quantitative estimate of drug-likeness (QED) is 0.634. The number of rotatable bonds is 5. The van der Waals surface area contributed by atoms with Crippen LogP contribution in [0.5, 0.6) is 0 Å². The zero-order valence-corrected chi connectivity index (χ0v) is 8.91. The summed E-state index contributed by atoms with van der Waals surface area (Å²) in [5.74, 6) is 0.276. The third-order valence-electron chi connectivity index (χ3n) is 2.90. The molecule has 0 aromatic rings. The van der Waals surface area contributed by atoms with Crippen LogP contribution in [0, 0.1) is 11.8 Å². The van der Waals surface area contributed by atoms with Crippen molar-refractivity contribution in [2.45, 2.75) is 39.0 Å². The summed E-state index contributed by atoms with van der Waals surface area (Å²) in [6, 6.07) is 0. The molecule has 1 rings (SSSR count). The van der Waals surface area contributed by atoms with E-state index >= 15 is 0 Å². The lowest BCUT2D eigenvalue weighted by Gasteiger charge is -2.31. The molecule has 0 aromatic carbocycles. The van der Waals surface area contributed by atoms with E-state index in [1.165, 1.54) is 7.11 Å². The van der Waals surface area contributed by atoms with Gasteiger partial charge in [0.1, 0.15) is 5.78 Å². The molecule has 0 aromatic heterocycles. The van der Waals surface area contributed by atoms with E-state index in [1.54, 1.807) is 0 Å². The molecule has 0 heterocycles. The molecule has 3 heteroatoms. The number of ether oxygens (including phenoxy) is 1. The minimum atomic E-state index is -0.162. The fourth-order valence-electron chi connectivity index (χ4n) is 1.79. The number of Topliss-reactive ketones (excluding diaryl/α,β-unsaturated/α-hetero) is 1. The Labute approximate surface area is 84.8 Å². The predicted molar refractivity (Wildman–Crippen MR) is 52.8 cm³/mol. The Kier molecular flexibility index (Phi) is 4.11. The van der Waals surface area contributed by atoms with Crippen LogP contribution in [-0.2, 0) is 14.3 Å². The van der Waals surface area contributed by atoms with Gasteiger partial charge in [-0.3, -0.25) is 9.59 Å². The molecule has 1 aliphatic rings. The van der Waals surface area contributed by atoms with Gasteiger partial charge >= 0.3 is 5.97 Å². The lowest BCUT2D eigenvalue weighted by Crippen LogP contribution is -2.35. The minimum absolute atomic E-state index is 0.0180. The van der Waals surface area contributed by atoms with E-state index in [0.29, 0.717) is 25.0 Å². The molecule has 14 heavy (non-hydrogen) atoms. The Morgan fingerprint density at radius 2 is 1.93 bits per heavy atom. The molecule has 0 N–H and O–H groups in total. The van der Waals surface area contributed by atoms with Gasteiger partial charge in [0.2, 0.25) is 0 Å². The molecule has 0 atom stereocenters. The fraction of sp³-hybridized carbons (Fsp3) is 0.818. The predicted octanol–water partition coefficient (Wildman–Crippen LogP) is 1.94. The van der Waals surface area contributed by atoms with Gasteiger partial charge in [-0.2, -0.15) is 0 Å². The van der Waals surface area contributed by atoms with Gasteiger partial charge in [0.25, 0.3) is 0 Å². The normalized spacial score (nSPS) is 25.3. The number of carbonyl (C=O) groups is 2. The van der Waals surface area contributed by atoms with Gasteiger partial charge in [-0.15, -0.1) is 0 Å². The smallest absolute Gasteiger partial charge is 0.308 e. The van der Waals surface area contributed by atoms with Crippen molar-refractivity contribution in [2.24, 2.45) is 11.8 Å². The number of esters is 1. The molecule has 0 bridgehead atoms. The molecule has 80 valence electrons. The average molecular weight is 198 g/mol. The molecule has 0 spiro atoms. The first-order valence-electron chi connectivity index (χ1n) is 5.29. The van der Waals surface area contributed by atoms with Crippen LogP contribution in [0.15, 0.2) is 0 Å². The Morgan fingerprint density at radius 1 is 1.29 bits per heavy atom. The maximum atomic E-state index is 11.5. The first-order valence-corrected chi connectivity index (χ1v) is 5.29. The van der Waals surface area contributed by atoms with Crippen molar-refractivity contribution in [3.05, 3.63) is 0 Å². The van der Waals surface area contributed by atoms with Gasteiger partial charge < -0.3 is 4.74 Å². The van der Waals surface area contributed by atoms with Crippen molar-refractivity contribution >= 4 is 11.8 Å². The number of hydrogen-bond acceptors (Lipinski definition) is 3. The highest BCUT2D eigenvalue weighted by molar-refractivity contribution is 5.84. The van der Waals surface area contributed by atoms with Crippen LogP contribution in [-0.4, -0.2) is 18.9 Å². The SMILES string of the molecule is CCCCC(=O)C1CC(C(=O)OC)C1. The van der Waals surface area contributed by atoms with Crippen molar-refractivity contribution in [3.8, 4) is 0 Å². The van der Waals surface area contributed by atoms with Crippen molar-refractivity contribution < 1.29 is 14.3 Å². The molecule has 0 amide bonds. The molecule has 0 saturated heterocycles. The first-order chi connectivity index (χ1) is 6.69. The number of hydrogen-bond donors (Lipinski definition) is 0. The van der Waals surface area contributed by atoms with E-state index in [2.05, 4.69) is 11.7 Å². The number of carbonyl (C=O) groups excluding carboxylic acids is 2. The Balaban J connectivity index is 2.20. The topological polar surface area (TPSA) is 43.4 Å². The van der Waals surface area contributed by atoms with Crippen LogP contribution in [0.2, 0.25) is 0 Å². The minimum Gasteiger partial charge on any atom is -0.469 e. The van der Waals surface area contributed by atoms with Crippen molar-refractivity contribution in [3.63, 3.8) is 0 Å². The molecule has 0 unspecified atom stereocenters. The summed E-state index contributed by atoms with van der Waals surface area (Å²) in [6.07, 6.45) is 4.11. The Morgan fingerprint density at radius 3 is 2.43 bits per heavy atom. The largest absolute Gasteiger partial charge is 0.469 e. The standard InChI is InChI=1S/C11H18O3/c1-3-4-5-10(12)8-6-9(7-8)11(13)14-2/h8-9H,3-7H2,1-2H3. The number of unbranched alkanes of at least 4 members (excludes halogenated alkanes) is 1. The number of ketones is 1. The summed E-state index contributed by atoms with van der Waals surface area (Å²) in [4.78, 5) is 22.5. The summed E-state index contributed by atoms with van der Waals surface area (Å²) in [7, 11) is 1.40. The monoisotopic (exact) mass is 198 g/mol. The van der Waals surface area contributed by atoms with Crippen molar-refractivity contribution in [1.82, 2.24) is 0 Å². The second-order valence-corrected chi connectivity index (χ2v) is 3.96. The number of methoxy groups -OCH3 is 1. The van der Waals surface area contributed by atoms with Crippen LogP contribution < -0.4 is 0 Å². The van der Waals surface area contributed by atoms with Crippen LogP contribution in [0.1, 0.15) is 39.0 Å². The van der Waals surface area contributed by atoms with E-state index < -0.39 is 0 Å². The summed E-state index contributed by atoms with van der Waals surface area (Å²) >= 11 is 0. The van der Waals surface area contributed by atoms with Crippen molar-refractivity contribution in [2.75, 3.05) is 7.11 Å².